The number of benzene rings is 1. The van der Waals surface area contributed by atoms with Crippen LogP contribution in [0, 0.1) is 5.82 Å². The number of aromatic nitrogens is 3. The first-order valence-electron chi connectivity index (χ1n) is 8.29. The van der Waals surface area contributed by atoms with E-state index in [1.165, 1.54) is 12.1 Å². The number of nitrogens with zero attached hydrogens (tertiary/aromatic N) is 3. The van der Waals surface area contributed by atoms with E-state index < -0.39 is 0 Å². The summed E-state index contributed by atoms with van der Waals surface area (Å²) in [6.45, 7) is 3.83. The molecule has 0 unspecified atom stereocenters. The van der Waals surface area contributed by atoms with Gasteiger partial charge in [0.25, 0.3) is 5.91 Å². The van der Waals surface area contributed by atoms with Gasteiger partial charge in [-0.1, -0.05) is 17.3 Å². The van der Waals surface area contributed by atoms with Crippen LogP contribution in [0.3, 0.4) is 0 Å². The van der Waals surface area contributed by atoms with Gasteiger partial charge in [0.2, 0.25) is 0 Å². The summed E-state index contributed by atoms with van der Waals surface area (Å²) in [7, 11) is 0. The lowest BCUT2D eigenvalue weighted by Gasteiger charge is -2.22. The first-order chi connectivity index (χ1) is 11.6. The standard InChI is InChI=1S/C17H22FN5O/c1-12(10-13-2-4-14(18)5-3-13)20-17(24)16-11-23(22-21-16)15-6-8-19-9-7-15/h2-5,11-12,15,19H,6-10H2,1H3,(H,20,24)/t12-/m1/s1. The van der Waals surface area contributed by atoms with Crippen molar-refractivity contribution in [2.75, 3.05) is 13.1 Å². The van der Waals surface area contributed by atoms with Gasteiger partial charge in [0.15, 0.2) is 5.69 Å². The van der Waals surface area contributed by atoms with E-state index in [0.29, 0.717) is 18.2 Å². The zero-order valence-corrected chi connectivity index (χ0v) is 13.7. The molecule has 0 aliphatic carbocycles. The van der Waals surface area contributed by atoms with Crippen molar-refractivity contribution in [3.63, 3.8) is 0 Å². The Morgan fingerprint density at radius 1 is 1.38 bits per heavy atom. The summed E-state index contributed by atoms with van der Waals surface area (Å²) < 4.78 is 14.7. The van der Waals surface area contributed by atoms with Crippen LogP contribution in [0.2, 0.25) is 0 Å². The van der Waals surface area contributed by atoms with Crippen LogP contribution in [0.1, 0.15) is 41.9 Å². The number of carbonyl (C=O) groups excluding carboxylic acids is 1. The van der Waals surface area contributed by atoms with E-state index in [4.69, 9.17) is 0 Å². The summed E-state index contributed by atoms with van der Waals surface area (Å²) in [6, 6.07) is 6.53. The summed E-state index contributed by atoms with van der Waals surface area (Å²) in [4.78, 5) is 12.3. The van der Waals surface area contributed by atoms with E-state index in [2.05, 4.69) is 20.9 Å². The fourth-order valence-corrected chi connectivity index (χ4v) is 2.95. The summed E-state index contributed by atoms with van der Waals surface area (Å²) >= 11 is 0. The molecule has 0 saturated carbocycles. The number of nitrogens with one attached hydrogen (secondary N) is 2. The van der Waals surface area contributed by atoms with E-state index >= 15 is 0 Å². The van der Waals surface area contributed by atoms with Crippen molar-refractivity contribution in [1.29, 1.82) is 0 Å². The molecule has 3 rings (SSSR count). The molecule has 1 aromatic heterocycles. The van der Waals surface area contributed by atoms with Gasteiger partial charge in [0.1, 0.15) is 5.82 Å². The van der Waals surface area contributed by atoms with Crippen LogP contribution in [-0.2, 0) is 6.42 Å². The van der Waals surface area contributed by atoms with E-state index in [-0.39, 0.29) is 17.8 Å². The molecule has 6 nitrogen and oxygen atoms in total. The molecule has 1 amide bonds. The number of piperidine rings is 1. The third-order valence-electron chi connectivity index (χ3n) is 4.26. The number of rotatable bonds is 5. The highest BCUT2D eigenvalue weighted by molar-refractivity contribution is 5.92. The van der Waals surface area contributed by atoms with Gasteiger partial charge in [-0.25, -0.2) is 9.07 Å². The van der Waals surface area contributed by atoms with Gasteiger partial charge in [-0.3, -0.25) is 4.79 Å². The quantitative estimate of drug-likeness (QED) is 0.875. The Morgan fingerprint density at radius 2 is 2.08 bits per heavy atom. The molecule has 0 bridgehead atoms. The minimum Gasteiger partial charge on any atom is -0.348 e. The maximum Gasteiger partial charge on any atom is 0.273 e. The van der Waals surface area contributed by atoms with Crippen molar-refractivity contribution < 1.29 is 9.18 Å². The minimum absolute atomic E-state index is 0.0769. The van der Waals surface area contributed by atoms with E-state index in [9.17, 15) is 9.18 Å². The van der Waals surface area contributed by atoms with Gasteiger partial charge in [0, 0.05) is 6.04 Å². The van der Waals surface area contributed by atoms with Crippen LogP contribution in [0.15, 0.2) is 30.5 Å². The van der Waals surface area contributed by atoms with Crippen LogP contribution in [0.5, 0.6) is 0 Å². The zero-order valence-electron chi connectivity index (χ0n) is 13.7. The second-order valence-corrected chi connectivity index (χ2v) is 6.27. The van der Waals surface area contributed by atoms with E-state index in [0.717, 1.165) is 31.5 Å². The molecule has 1 aromatic carbocycles. The molecule has 1 saturated heterocycles. The Hall–Kier alpha value is -2.28. The maximum atomic E-state index is 12.9. The van der Waals surface area contributed by atoms with Crippen LogP contribution >= 0.6 is 0 Å². The highest BCUT2D eigenvalue weighted by Gasteiger charge is 2.19. The van der Waals surface area contributed by atoms with Crippen LogP contribution < -0.4 is 10.6 Å². The predicted octanol–water partition coefficient (Wildman–Crippen LogP) is 1.70. The second-order valence-electron chi connectivity index (χ2n) is 6.27. The van der Waals surface area contributed by atoms with Crippen molar-refractivity contribution in [3.05, 3.63) is 47.5 Å². The smallest absolute Gasteiger partial charge is 0.273 e. The first-order valence-corrected chi connectivity index (χ1v) is 8.29. The topological polar surface area (TPSA) is 71.8 Å². The minimum atomic E-state index is -0.259. The van der Waals surface area contributed by atoms with Gasteiger partial charge in [0.05, 0.1) is 12.2 Å². The van der Waals surface area contributed by atoms with Crippen LogP contribution in [0.25, 0.3) is 0 Å². The normalized spacial score (nSPS) is 16.8. The molecule has 7 heteroatoms. The molecule has 2 N–H and O–H groups in total. The average molecular weight is 331 g/mol. The molecular weight excluding hydrogens is 309 g/mol. The van der Waals surface area contributed by atoms with Gasteiger partial charge in [-0.05, 0) is 57.0 Å². The SMILES string of the molecule is C[C@H](Cc1ccc(F)cc1)NC(=O)c1cn(C2CCNCC2)nn1. The summed E-state index contributed by atoms with van der Waals surface area (Å²) in [6.07, 6.45) is 4.33. The average Bonchev–Trinajstić information content (AvgIpc) is 3.08. The molecule has 128 valence electrons. The predicted molar refractivity (Wildman–Crippen MR) is 88.2 cm³/mol. The molecule has 0 radical (unpaired) electrons. The van der Waals surface area contributed by atoms with Crippen LogP contribution in [0.4, 0.5) is 4.39 Å². The third kappa shape index (κ3) is 4.17. The number of hydrogen-bond acceptors (Lipinski definition) is 4. The molecule has 1 aliphatic heterocycles. The molecule has 24 heavy (non-hydrogen) atoms. The number of halogens is 1. The number of hydrogen-bond donors (Lipinski definition) is 2. The van der Waals surface area contributed by atoms with E-state index in [1.54, 1.807) is 23.0 Å². The molecule has 2 aromatic rings. The molecule has 0 spiro atoms. The highest BCUT2D eigenvalue weighted by atomic mass is 19.1. The molecule has 2 heterocycles. The monoisotopic (exact) mass is 331 g/mol. The lowest BCUT2D eigenvalue weighted by Crippen LogP contribution is -2.34. The van der Waals surface area contributed by atoms with Gasteiger partial charge < -0.3 is 10.6 Å². The molecular formula is C17H22FN5O. The molecule has 1 aliphatic rings. The van der Waals surface area contributed by atoms with Gasteiger partial charge in [-0.2, -0.15) is 0 Å². The Bertz CT molecular complexity index is 679. The lowest BCUT2D eigenvalue weighted by molar-refractivity contribution is 0.0935. The fourth-order valence-electron chi connectivity index (χ4n) is 2.95. The van der Waals surface area contributed by atoms with Crippen molar-refractivity contribution in [3.8, 4) is 0 Å². The summed E-state index contributed by atoms with van der Waals surface area (Å²) in [5.41, 5.74) is 1.31. The largest absolute Gasteiger partial charge is 0.348 e. The van der Waals surface area contributed by atoms with Crippen molar-refractivity contribution in [1.82, 2.24) is 25.6 Å². The Balaban J connectivity index is 1.56. The Morgan fingerprint density at radius 3 is 2.79 bits per heavy atom. The number of amides is 1. The lowest BCUT2D eigenvalue weighted by atomic mass is 10.1. The first kappa shape index (κ1) is 16.6. The Kier molecular flexibility index (Phi) is 5.20. The zero-order chi connectivity index (χ0) is 16.9. The fraction of sp³-hybridized carbons (Fsp3) is 0.471. The Labute approximate surface area is 140 Å². The molecule has 1 atom stereocenters. The summed E-state index contributed by atoms with van der Waals surface area (Å²) in [5, 5.41) is 14.3. The van der Waals surface area contributed by atoms with Crippen molar-refractivity contribution >= 4 is 5.91 Å². The maximum absolute atomic E-state index is 12.9. The summed E-state index contributed by atoms with van der Waals surface area (Å²) in [5.74, 6) is -0.491. The van der Waals surface area contributed by atoms with Crippen molar-refractivity contribution in [2.24, 2.45) is 0 Å². The third-order valence-corrected chi connectivity index (χ3v) is 4.26. The number of carbonyl (C=O) groups is 1. The molecule has 1 fully saturated rings. The van der Waals surface area contributed by atoms with Gasteiger partial charge >= 0.3 is 0 Å². The van der Waals surface area contributed by atoms with Crippen molar-refractivity contribution in [2.45, 2.75) is 38.3 Å². The van der Waals surface area contributed by atoms with E-state index in [1.807, 2.05) is 6.92 Å². The highest BCUT2D eigenvalue weighted by Crippen LogP contribution is 2.17. The second kappa shape index (κ2) is 7.53. The van der Waals surface area contributed by atoms with Crippen LogP contribution in [-0.4, -0.2) is 40.0 Å². The van der Waals surface area contributed by atoms with Gasteiger partial charge in [-0.15, -0.1) is 5.10 Å².